The molecule has 0 aliphatic heterocycles. The van der Waals surface area contributed by atoms with Crippen LogP contribution in [0.2, 0.25) is 0 Å². The van der Waals surface area contributed by atoms with Crippen molar-refractivity contribution >= 4 is 22.5 Å². The molecule has 1 N–H and O–H groups in total. The molecule has 1 aromatic carbocycles. The van der Waals surface area contributed by atoms with Crippen LogP contribution >= 0.6 is 0 Å². The van der Waals surface area contributed by atoms with E-state index in [1.165, 1.54) is 4.68 Å². The Hall–Kier alpha value is -3.49. The fraction of sp³-hybridized carbons (Fsp3) is 0.409. The van der Waals surface area contributed by atoms with Gasteiger partial charge >= 0.3 is 5.69 Å². The first-order chi connectivity index (χ1) is 14.7. The average Bonchev–Trinajstić information content (AvgIpc) is 3.22. The van der Waals surface area contributed by atoms with Crippen LogP contribution in [0.15, 0.2) is 29.1 Å². The number of benzene rings is 1. The molecule has 1 amide bonds. The Kier molecular flexibility index (Phi) is 5.34. The summed E-state index contributed by atoms with van der Waals surface area (Å²) in [6.07, 6.45) is 0.284. The number of pyridine rings is 1. The first-order valence-electron chi connectivity index (χ1n) is 10.4. The Morgan fingerprint density at radius 2 is 1.90 bits per heavy atom. The van der Waals surface area contributed by atoms with Gasteiger partial charge in [0.15, 0.2) is 5.65 Å². The standard InChI is InChI=1S/C22H27N7O2/c1-13-6-7-18-11-14(2)21-26-27(22(31)28(21)19(18)10-13)9-8-23-20(30)12-15(3)29-17(5)24-16(4)25-29/h6-7,10-11,15H,8-9,12H2,1-5H3,(H,23,30). The normalized spacial score (nSPS) is 12.5. The maximum absolute atomic E-state index is 13.0. The summed E-state index contributed by atoms with van der Waals surface area (Å²) in [4.78, 5) is 29.7. The maximum atomic E-state index is 13.0. The Bertz CT molecular complexity index is 1350. The summed E-state index contributed by atoms with van der Waals surface area (Å²) in [6, 6.07) is 7.98. The lowest BCUT2D eigenvalue weighted by Crippen LogP contribution is -2.32. The predicted octanol–water partition coefficient (Wildman–Crippen LogP) is 2.24. The number of carbonyl (C=O) groups is 1. The van der Waals surface area contributed by atoms with Crippen LogP contribution in [-0.2, 0) is 11.3 Å². The van der Waals surface area contributed by atoms with Crippen LogP contribution < -0.4 is 11.0 Å². The SMILES string of the molecule is Cc1ccc2cc(C)c3nn(CCNC(=O)CC(C)n4nc(C)nc4C)c(=O)n3c2c1. The molecule has 1 atom stereocenters. The van der Waals surface area contributed by atoms with Crippen LogP contribution in [0.3, 0.4) is 0 Å². The van der Waals surface area contributed by atoms with Crippen molar-refractivity contribution in [1.29, 1.82) is 0 Å². The van der Waals surface area contributed by atoms with Gasteiger partial charge < -0.3 is 5.32 Å². The van der Waals surface area contributed by atoms with Crippen LogP contribution in [-0.4, -0.2) is 41.4 Å². The second kappa shape index (κ2) is 7.98. The minimum atomic E-state index is -0.203. The highest BCUT2D eigenvalue weighted by Gasteiger charge is 2.16. The topological polar surface area (TPSA) is 99.1 Å². The van der Waals surface area contributed by atoms with Crippen LogP contribution in [0.5, 0.6) is 0 Å². The van der Waals surface area contributed by atoms with Crippen LogP contribution in [0.25, 0.3) is 16.6 Å². The number of hydrogen-bond acceptors (Lipinski definition) is 5. The van der Waals surface area contributed by atoms with Crippen molar-refractivity contribution in [1.82, 2.24) is 34.3 Å². The third-order valence-electron chi connectivity index (χ3n) is 5.44. The number of nitrogens with zero attached hydrogens (tertiary/aromatic N) is 6. The quantitative estimate of drug-likeness (QED) is 0.515. The van der Waals surface area contributed by atoms with Crippen LogP contribution in [0.1, 0.15) is 42.2 Å². The minimum absolute atomic E-state index is 0.101. The van der Waals surface area contributed by atoms with Crippen LogP contribution in [0.4, 0.5) is 0 Å². The third-order valence-corrected chi connectivity index (χ3v) is 5.44. The molecule has 0 saturated heterocycles. The van der Waals surface area contributed by atoms with Gasteiger partial charge in [-0.2, -0.15) is 5.10 Å². The molecule has 0 aliphatic rings. The molecule has 162 valence electrons. The lowest BCUT2D eigenvalue weighted by Gasteiger charge is -2.13. The van der Waals surface area contributed by atoms with E-state index in [-0.39, 0.29) is 24.1 Å². The number of rotatable bonds is 6. The first kappa shape index (κ1) is 20.8. The van der Waals surface area contributed by atoms with Gasteiger partial charge in [-0.25, -0.2) is 23.5 Å². The largest absolute Gasteiger partial charge is 0.354 e. The summed E-state index contributed by atoms with van der Waals surface area (Å²) in [6.45, 7) is 10.2. The van der Waals surface area contributed by atoms with E-state index < -0.39 is 0 Å². The van der Waals surface area contributed by atoms with Crippen molar-refractivity contribution in [2.24, 2.45) is 0 Å². The Morgan fingerprint density at radius 3 is 2.61 bits per heavy atom. The van der Waals surface area contributed by atoms with Crippen molar-refractivity contribution in [3.05, 3.63) is 57.5 Å². The van der Waals surface area contributed by atoms with E-state index >= 15 is 0 Å². The smallest absolute Gasteiger partial charge is 0.350 e. The van der Waals surface area contributed by atoms with Crippen molar-refractivity contribution in [2.75, 3.05) is 6.54 Å². The molecule has 1 unspecified atom stereocenters. The van der Waals surface area contributed by atoms with Gasteiger partial charge in [-0.05, 0) is 63.3 Å². The number of nitrogens with one attached hydrogen (secondary N) is 1. The molecular weight excluding hydrogens is 394 g/mol. The summed E-state index contributed by atoms with van der Waals surface area (Å²) < 4.78 is 4.83. The summed E-state index contributed by atoms with van der Waals surface area (Å²) in [5.74, 6) is 1.37. The molecular formula is C22H27N7O2. The van der Waals surface area contributed by atoms with E-state index in [9.17, 15) is 9.59 Å². The number of aromatic nitrogens is 6. The third kappa shape index (κ3) is 3.95. The number of carbonyl (C=O) groups excluding carboxylic acids is 1. The molecule has 9 heteroatoms. The Morgan fingerprint density at radius 1 is 1.13 bits per heavy atom. The molecule has 0 radical (unpaired) electrons. The summed E-state index contributed by atoms with van der Waals surface area (Å²) in [5.41, 5.74) is 3.29. The zero-order valence-electron chi connectivity index (χ0n) is 18.5. The molecule has 0 spiro atoms. The maximum Gasteiger partial charge on any atom is 0.350 e. The fourth-order valence-corrected chi connectivity index (χ4v) is 3.97. The van der Waals surface area contributed by atoms with E-state index in [1.807, 2.05) is 58.9 Å². The zero-order chi connectivity index (χ0) is 22.3. The lowest BCUT2D eigenvalue weighted by molar-refractivity contribution is -0.121. The molecule has 0 saturated carbocycles. The highest BCUT2D eigenvalue weighted by Crippen LogP contribution is 2.19. The van der Waals surface area contributed by atoms with Crippen molar-refractivity contribution < 1.29 is 4.79 Å². The molecule has 9 nitrogen and oxygen atoms in total. The lowest BCUT2D eigenvalue weighted by atomic mass is 10.1. The van der Waals surface area contributed by atoms with Crippen molar-refractivity contribution in [3.8, 4) is 0 Å². The molecule has 31 heavy (non-hydrogen) atoms. The van der Waals surface area contributed by atoms with E-state index in [0.717, 1.165) is 27.9 Å². The minimum Gasteiger partial charge on any atom is -0.354 e. The Labute approximate surface area is 179 Å². The summed E-state index contributed by atoms with van der Waals surface area (Å²) in [5, 5.41) is 12.7. The number of aryl methyl sites for hydroxylation is 4. The van der Waals surface area contributed by atoms with Crippen molar-refractivity contribution in [2.45, 2.75) is 53.6 Å². The van der Waals surface area contributed by atoms with Gasteiger partial charge in [-0.1, -0.05) is 12.1 Å². The molecule has 4 rings (SSSR count). The van der Waals surface area contributed by atoms with Crippen LogP contribution in [0, 0.1) is 27.7 Å². The van der Waals surface area contributed by atoms with Gasteiger partial charge in [0.25, 0.3) is 0 Å². The number of hydrogen-bond donors (Lipinski definition) is 1. The summed E-state index contributed by atoms with van der Waals surface area (Å²) >= 11 is 0. The highest BCUT2D eigenvalue weighted by atomic mass is 16.2. The van der Waals surface area contributed by atoms with Gasteiger partial charge in [-0.15, -0.1) is 5.10 Å². The molecule has 4 aromatic rings. The highest BCUT2D eigenvalue weighted by molar-refractivity contribution is 5.84. The second-order valence-electron chi connectivity index (χ2n) is 8.11. The molecule has 3 heterocycles. The first-order valence-corrected chi connectivity index (χ1v) is 10.4. The van der Waals surface area contributed by atoms with Gasteiger partial charge in [-0.3, -0.25) is 4.79 Å². The monoisotopic (exact) mass is 421 g/mol. The molecule has 0 fully saturated rings. The second-order valence-corrected chi connectivity index (χ2v) is 8.11. The molecule has 0 bridgehead atoms. The van der Waals surface area contributed by atoms with E-state index in [4.69, 9.17) is 0 Å². The Balaban J connectivity index is 1.47. The van der Waals surface area contributed by atoms with Crippen molar-refractivity contribution in [3.63, 3.8) is 0 Å². The van der Waals surface area contributed by atoms with E-state index in [1.54, 1.807) is 9.08 Å². The van der Waals surface area contributed by atoms with E-state index in [0.29, 0.717) is 24.6 Å². The predicted molar refractivity (Wildman–Crippen MR) is 118 cm³/mol. The van der Waals surface area contributed by atoms with Gasteiger partial charge in [0.1, 0.15) is 11.6 Å². The molecule has 3 aromatic heterocycles. The van der Waals surface area contributed by atoms with E-state index in [2.05, 4.69) is 20.5 Å². The number of amides is 1. The van der Waals surface area contributed by atoms with Gasteiger partial charge in [0.05, 0.1) is 18.1 Å². The molecule has 0 aliphatic carbocycles. The zero-order valence-corrected chi connectivity index (χ0v) is 18.5. The number of fused-ring (bicyclic) bond motifs is 3. The van der Waals surface area contributed by atoms with Gasteiger partial charge in [0.2, 0.25) is 5.91 Å². The van der Waals surface area contributed by atoms with Gasteiger partial charge in [0, 0.05) is 13.0 Å². The summed E-state index contributed by atoms with van der Waals surface area (Å²) in [7, 11) is 0. The fourth-order valence-electron chi connectivity index (χ4n) is 3.97. The average molecular weight is 422 g/mol.